The Kier molecular flexibility index (Phi) is 5.49. The minimum atomic E-state index is -0.359. The van der Waals surface area contributed by atoms with Crippen molar-refractivity contribution in [2.45, 2.75) is 36.0 Å². The van der Waals surface area contributed by atoms with E-state index in [1.807, 2.05) is 65.6 Å². The van der Waals surface area contributed by atoms with Crippen molar-refractivity contribution in [3.8, 4) is 0 Å². The summed E-state index contributed by atoms with van der Waals surface area (Å²) in [5.41, 5.74) is 2.71. The van der Waals surface area contributed by atoms with E-state index in [0.29, 0.717) is 0 Å². The van der Waals surface area contributed by atoms with E-state index >= 15 is 0 Å². The Morgan fingerprint density at radius 2 is 1.71 bits per heavy atom. The molecule has 0 aromatic heterocycles. The summed E-state index contributed by atoms with van der Waals surface area (Å²) >= 11 is 1.56. The first-order chi connectivity index (χ1) is 13.6. The lowest BCUT2D eigenvalue weighted by Crippen LogP contribution is -2.44. The summed E-state index contributed by atoms with van der Waals surface area (Å²) in [6, 6.07) is 24.7. The Hall–Kier alpha value is -2.59. The molecule has 1 aliphatic heterocycles. The zero-order valence-corrected chi connectivity index (χ0v) is 16.5. The summed E-state index contributed by atoms with van der Waals surface area (Å²) < 4.78 is 13.7. The van der Waals surface area contributed by atoms with Crippen molar-refractivity contribution in [1.82, 2.24) is 0 Å². The van der Waals surface area contributed by atoms with Gasteiger partial charge in [-0.3, -0.25) is 4.79 Å². The molecule has 2 atom stereocenters. The highest BCUT2D eigenvalue weighted by Gasteiger charge is 2.34. The van der Waals surface area contributed by atoms with Gasteiger partial charge < -0.3 is 4.90 Å². The van der Waals surface area contributed by atoms with Crippen LogP contribution >= 0.6 is 11.8 Å². The number of amides is 1. The first-order valence-corrected chi connectivity index (χ1v) is 10.4. The molecule has 0 bridgehead atoms. The molecule has 0 aliphatic carbocycles. The van der Waals surface area contributed by atoms with E-state index < -0.39 is 0 Å². The van der Waals surface area contributed by atoms with Crippen molar-refractivity contribution in [3.63, 3.8) is 0 Å². The van der Waals surface area contributed by atoms with Crippen LogP contribution in [-0.4, -0.2) is 11.9 Å². The molecule has 3 aromatic rings. The Bertz CT molecular complexity index is 961. The highest BCUT2D eigenvalue weighted by atomic mass is 32.2. The maximum Gasteiger partial charge on any atom is 0.245 e. The number of rotatable bonds is 4. The Morgan fingerprint density at radius 1 is 1.04 bits per heavy atom. The fourth-order valence-corrected chi connectivity index (χ4v) is 4.80. The molecule has 1 heterocycles. The largest absolute Gasteiger partial charge is 0.308 e. The molecule has 1 amide bonds. The summed E-state index contributed by atoms with van der Waals surface area (Å²) in [4.78, 5) is 16.7. The number of hydrogen-bond donors (Lipinski definition) is 0. The van der Waals surface area contributed by atoms with Crippen molar-refractivity contribution in [2.24, 2.45) is 0 Å². The molecular weight excluding hydrogens is 369 g/mol. The average molecular weight is 392 g/mol. The van der Waals surface area contributed by atoms with Gasteiger partial charge in [-0.05, 0) is 61.2 Å². The van der Waals surface area contributed by atoms with Gasteiger partial charge in [0.15, 0.2) is 0 Å². The number of hydrogen-bond acceptors (Lipinski definition) is 2. The molecule has 0 radical (unpaired) electrons. The summed E-state index contributed by atoms with van der Waals surface area (Å²) in [6.45, 7) is 2.07. The maximum atomic E-state index is 13.8. The second-order valence-corrected chi connectivity index (χ2v) is 8.27. The van der Waals surface area contributed by atoms with Gasteiger partial charge in [0.25, 0.3) is 0 Å². The number of benzene rings is 3. The molecule has 0 unspecified atom stereocenters. The van der Waals surface area contributed by atoms with Crippen LogP contribution in [0, 0.1) is 5.82 Å². The highest BCUT2D eigenvalue weighted by Crippen LogP contribution is 2.40. The Labute approximate surface area is 169 Å². The summed E-state index contributed by atoms with van der Waals surface area (Å²) in [5.74, 6) is -0.209. The third kappa shape index (κ3) is 3.83. The molecule has 4 rings (SSSR count). The SMILES string of the molecule is C[C@H]1CCc2cc(F)ccc2N1C(=O)[C@H](Sc1ccccc1)c1ccccc1. The van der Waals surface area contributed by atoms with Crippen molar-refractivity contribution < 1.29 is 9.18 Å². The number of halogens is 1. The van der Waals surface area contributed by atoms with Crippen molar-refractivity contribution in [2.75, 3.05) is 4.90 Å². The van der Waals surface area contributed by atoms with Crippen LogP contribution in [-0.2, 0) is 11.2 Å². The molecule has 0 fully saturated rings. The fourth-order valence-electron chi connectivity index (χ4n) is 3.71. The number of carbonyl (C=O) groups is 1. The van der Waals surface area contributed by atoms with Crippen LogP contribution in [0.25, 0.3) is 0 Å². The topological polar surface area (TPSA) is 20.3 Å². The van der Waals surface area contributed by atoms with E-state index in [1.54, 1.807) is 23.9 Å². The van der Waals surface area contributed by atoms with Crippen molar-refractivity contribution in [1.29, 1.82) is 0 Å². The van der Waals surface area contributed by atoms with Gasteiger partial charge in [-0.15, -0.1) is 11.8 Å². The third-order valence-corrected chi connectivity index (χ3v) is 6.39. The smallest absolute Gasteiger partial charge is 0.245 e. The second kappa shape index (κ2) is 8.19. The number of thioether (sulfide) groups is 1. The predicted molar refractivity (Wildman–Crippen MR) is 113 cm³/mol. The molecule has 0 N–H and O–H groups in total. The van der Waals surface area contributed by atoms with E-state index in [0.717, 1.165) is 34.6 Å². The van der Waals surface area contributed by atoms with Crippen LogP contribution in [0.2, 0.25) is 0 Å². The first kappa shape index (κ1) is 18.8. The van der Waals surface area contributed by atoms with Crippen LogP contribution < -0.4 is 4.90 Å². The highest BCUT2D eigenvalue weighted by molar-refractivity contribution is 8.00. The predicted octanol–water partition coefficient (Wildman–Crippen LogP) is 6.03. The van der Waals surface area contributed by atoms with Gasteiger partial charge in [0.1, 0.15) is 11.1 Å². The quantitative estimate of drug-likeness (QED) is 0.506. The minimum absolute atomic E-state index is 0.0418. The van der Waals surface area contributed by atoms with Crippen LogP contribution in [0.1, 0.15) is 29.7 Å². The van der Waals surface area contributed by atoms with Gasteiger partial charge in [0, 0.05) is 16.6 Å². The molecule has 4 heteroatoms. The Balaban J connectivity index is 1.73. The minimum Gasteiger partial charge on any atom is -0.308 e. The zero-order valence-electron chi connectivity index (χ0n) is 15.7. The van der Waals surface area contributed by atoms with Gasteiger partial charge in [-0.1, -0.05) is 48.5 Å². The standard InChI is InChI=1S/C24H22FNOS/c1-17-12-13-19-16-20(25)14-15-22(19)26(17)24(27)23(18-8-4-2-5-9-18)28-21-10-6-3-7-11-21/h2-11,14-17,23H,12-13H2,1H3/t17-,23+/m0/s1. The van der Waals surface area contributed by atoms with Gasteiger partial charge in [0.2, 0.25) is 5.91 Å². The van der Waals surface area contributed by atoms with Crippen LogP contribution in [0.4, 0.5) is 10.1 Å². The van der Waals surface area contributed by atoms with Gasteiger partial charge in [0.05, 0.1) is 0 Å². The monoisotopic (exact) mass is 391 g/mol. The summed E-state index contributed by atoms with van der Waals surface area (Å²) in [7, 11) is 0. The maximum absolute atomic E-state index is 13.8. The van der Waals surface area contributed by atoms with E-state index in [2.05, 4.69) is 6.92 Å². The normalized spacial score (nSPS) is 17.1. The van der Waals surface area contributed by atoms with Gasteiger partial charge in [-0.2, -0.15) is 0 Å². The van der Waals surface area contributed by atoms with Crippen molar-refractivity contribution >= 4 is 23.4 Å². The summed E-state index contributed by atoms with van der Waals surface area (Å²) in [6.07, 6.45) is 1.62. The zero-order chi connectivity index (χ0) is 19.5. The molecule has 3 aromatic carbocycles. The molecule has 28 heavy (non-hydrogen) atoms. The van der Waals surface area contributed by atoms with Gasteiger partial charge in [-0.25, -0.2) is 4.39 Å². The molecule has 1 aliphatic rings. The first-order valence-electron chi connectivity index (χ1n) is 9.51. The molecule has 0 spiro atoms. The fraction of sp³-hybridized carbons (Fsp3) is 0.208. The number of fused-ring (bicyclic) bond motifs is 1. The van der Waals surface area contributed by atoms with E-state index in [-0.39, 0.29) is 23.0 Å². The molecule has 0 saturated heterocycles. The molecule has 0 saturated carbocycles. The van der Waals surface area contributed by atoms with Gasteiger partial charge >= 0.3 is 0 Å². The second-order valence-electron chi connectivity index (χ2n) is 7.09. The van der Waals surface area contributed by atoms with E-state index in [9.17, 15) is 9.18 Å². The summed E-state index contributed by atoms with van der Waals surface area (Å²) in [5, 5.41) is -0.359. The number of carbonyl (C=O) groups excluding carboxylic acids is 1. The molecule has 142 valence electrons. The van der Waals surface area contributed by atoms with E-state index in [4.69, 9.17) is 0 Å². The lowest BCUT2D eigenvalue weighted by atomic mass is 9.95. The molecule has 2 nitrogen and oxygen atoms in total. The van der Waals surface area contributed by atoms with Crippen LogP contribution in [0.3, 0.4) is 0 Å². The van der Waals surface area contributed by atoms with E-state index in [1.165, 1.54) is 6.07 Å². The molecular formula is C24H22FNOS. The average Bonchev–Trinajstić information content (AvgIpc) is 2.73. The number of nitrogens with zero attached hydrogens (tertiary/aromatic N) is 1. The number of aryl methyl sites for hydroxylation is 1. The van der Waals surface area contributed by atoms with Crippen LogP contribution in [0.15, 0.2) is 83.8 Å². The Morgan fingerprint density at radius 3 is 2.43 bits per heavy atom. The lowest BCUT2D eigenvalue weighted by Gasteiger charge is -2.37. The third-order valence-electron chi connectivity index (χ3n) is 5.13. The van der Waals surface area contributed by atoms with Crippen molar-refractivity contribution in [3.05, 3.63) is 95.8 Å². The van der Waals surface area contributed by atoms with Crippen LogP contribution in [0.5, 0.6) is 0 Å². The number of anilines is 1. The lowest BCUT2D eigenvalue weighted by molar-refractivity contribution is -0.118.